The number of carbonyl (C=O) groups is 1. The Morgan fingerprint density at radius 2 is 1.90 bits per heavy atom. The molecule has 0 aliphatic rings. The summed E-state index contributed by atoms with van der Waals surface area (Å²) in [4.78, 5) is 11.4. The minimum absolute atomic E-state index is 0.536. The van der Waals surface area contributed by atoms with E-state index in [1.165, 1.54) is 29.6 Å². The second kappa shape index (κ2) is 6.76. The predicted octanol–water partition coefficient (Wildman–Crippen LogP) is 4.39. The van der Waals surface area contributed by atoms with Crippen molar-refractivity contribution in [2.24, 2.45) is 0 Å². The van der Waals surface area contributed by atoms with Gasteiger partial charge in [-0.15, -0.1) is 23.5 Å². The number of thioether (sulfide) groups is 2. The molecule has 0 bridgehead atoms. The molecule has 0 saturated heterocycles. The molecule has 1 rings (SSSR count). The fourth-order valence-corrected chi connectivity index (χ4v) is 3.20. The van der Waals surface area contributed by atoms with Crippen molar-refractivity contribution in [2.75, 3.05) is 11.5 Å². The number of hydrogen-bond acceptors (Lipinski definition) is 3. The molecular weight excluding hydrogens is 309 g/mol. The van der Waals surface area contributed by atoms with Gasteiger partial charge in [0.1, 0.15) is 4.75 Å². The van der Waals surface area contributed by atoms with Crippen LogP contribution in [0.15, 0.2) is 29.2 Å². The van der Waals surface area contributed by atoms with Gasteiger partial charge in [-0.05, 0) is 32.0 Å². The summed E-state index contributed by atoms with van der Waals surface area (Å²) < 4.78 is 36.7. The van der Waals surface area contributed by atoms with E-state index in [-0.39, 0.29) is 0 Å². The number of benzene rings is 1. The molecule has 0 saturated carbocycles. The third-order valence-electron chi connectivity index (χ3n) is 2.49. The summed E-state index contributed by atoms with van der Waals surface area (Å²) in [5, 5.41) is 8.93. The van der Waals surface area contributed by atoms with Crippen LogP contribution in [0.2, 0.25) is 0 Å². The van der Waals surface area contributed by atoms with E-state index in [0.29, 0.717) is 16.4 Å². The van der Waals surface area contributed by atoms with Crippen LogP contribution >= 0.6 is 23.5 Å². The predicted molar refractivity (Wildman–Crippen MR) is 76.3 cm³/mol. The quantitative estimate of drug-likeness (QED) is 0.622. The van der Waals surface area contributed by atoms with Gasteiger partial charge in [0, 0.05) is 16.4 Å². The van der Waals surface area contributed by atoms with Crippen molar-refractivity contribution in [1.82, 2.24) is 0 Å². The minimum Gasteiger partial charge on any atom is -0.480 e. The van der Waals surface area contributed by atoms with Crippen LogP contribution in [0.3, 0.4) is 0 Å². The first-order valence-corrected chi connectivity index (χ1v) is 7.77. The maximum Gasteiger partial charge on any atom is 0.416 e. The molecule has 0 atom stereocenters. The van der Waals surface area contributed by atoms with E-state index in [1.807, 2.05) is 0 Å². The Kier molecular flexibility index (Phi) is 5.82. The van der Waals surface area contributed by atoms with Crippen LogP contribution in [0.25, 0.3) is 0 Å². The lowest BCUT2D eigenvalue weighted by atomic mass is 10.2. The van der Waals surface area contributed by atoms with Gasteiger partial charge < -0.3 is 5.11 Å². The van der Waals surface area contributed by atoms with Gasteiger partial charge in [-0.25, -0.2) is 0 Å². The van der Waals surface area contributed by atoms with Gasteiger partial charge in [-0.1, -0.05) is 6.07 Å². The molecule has 0 unspecified atom stereocenters. The first-order chi connectivity index (χ1) is 9.13. The largest absolute Gasteiger partial charge is 0.480 e. The lowest BCUT2D eigenvalue weighted by molar-refractivity contribution is -0.139. The van der Waals surface area contributed by atoms with Crippen LogP contribution in [0.4, 0.5) is 13.2 Å². The van der Waals surface area contributed by atoms with E-state index in [4.69, 9.17) is 5.11 Å². The summed E-state index contributed by atoms with van der Waals surface area (Å²) in [6.45, 7) is 3.21. The van der Waals surface area contributed by atoms with Gasteiger partial charge in [-0.3, -0.25) is 4.79 Å². The highest BCUT2D eigenvalue weighted by Crippen LogP contribution is 2.32. The molecule has 0 fully saturated rings. The number of carboxylic acid groups (broad SMARTS) is 1. The summed E-state index contributed by atoms with van der Waals surface area (Å²) >= 11 is 2.56. The molecule has 0 aromatic heterocycles. The third kappa shape index (κ3) is 5.28. The molecule has 0 amide bonds. The van der Waals surface area contributed by atoms with Crippen molar-refractivity contribution >= 4 is 29.5 Å². The number of hydrogen-bond donors (Lipinski definition) is 1. The van der Waals surface area contributed by atoms with Crippen molar-refractivity contribution in [3.8, 4) is 0 Å². The molecule has 0 heterocycles. The molecule has 7 heteroatoms. The molecule has 2 nitrogen and oxygen atoms in total. The van der Waals surface area contributed by atoms with Crippen LogP contribution in [-0.2, 0) is 11.0 Å². The zero-order chi connectivity index (χ0) is 15.4. The smallest absolute Gasteiger partial charge is 0.416 e. The zero-order valence-electron chi connectivity index (χ0n) is 11.0. The summed E-state index contributed by atoms with van der Waals surface area (Å²) in [5.41, 5.74) is -0.666. The second-order valence-electron chi connectivity index (χ2n) is 4.54. The van der Waals surface area contributed by atoms with Crippen molar-refractivity contribution in [2.45, 2.75) is 29.7 Å². The van der Waals surface area contributed by atoms with E-state index in [2.05, 4.69) is 0 Å². The monoisotopic (exact) mass is 324 g/mol. The van der Waals surface area contributed by atoms with Gasteiger partial charge in [0.2, 0.25) is 0 Å². The fourth-order valence-electron chi connectivity index (χ4n) is 1.28. The van der Waals surface area contributed by atoms with Gasteiger partial charge in [0.15, 0.2) is 0 Å². The second-order valence-corrected chi connectivity index (χ2v) is 7.42. The molecule has 0 spiro atoms. The maximum absolute atomic E-state index is 12.5. The van der Waals surface area contributed by atoms with Crippen molar-refractivity contribution in [3.63, 3.8) is 0 Å². The van der Waals surface area contributed by atoms with Crippen molar-refractivity contribution < 1.29 is 23.1 Å². The molecule has 1 aromatic rings. The lowest BCUT2D eigenvalue weighted by Gasteiger charge is -2.18. The molecule has 1 N–H and O–H groups in total. The summed E-state index contributed by atoms with van der Waals surface area (Å²) in [7, 11) is 0. The van der Waals surface area contributed by atoms with Gasteiger partial charge in [0.05, 0.1) is 5.56 Å². The first-order valence-electron chi connectivity index (χ1n) is 5.80. The van der Waals surface area contributed by atoms with E-state index >= 15 is 0 Å². The highest BCUT2D eigenvalue weighted by atomic mass is 32.2. The molecule has 0 aliphatic heterocycles. The zero-order valence-corrected chi connectivity index (χ0v) is 12.7. The van der Waals surface area contributed by atoms with Crippen molar-refractivity contribution in [1.29, 1.82) is 0 Å². The van der Waals surface area contributed by atoms with Crippen molar-refractivity contribution in [3.05, 3.63) is 29.8 Å². The van der Waals surface area contributed by atoms with Gasteiger partial charge in [-0.2, -0.15) is 13.2 Å². The van der Waals surface area contributed by atoms with Crippen LogP contribution in [0.1, 0.15) is 19.4 Å². The van der Waals surface area contributed by atoms with Crippen LogP contribution in [0, 0.1) is 0 Å². The molecule has 0 aliphatic carbocycles. The summed E-state index contributed by atoms with van der Waals surface area (Å²) in [6, 6.07) is 5.14. The Morgan fingerprint density at radius 1 is 1.25 bits per heavy atom. The average molecular weight is 324 g/mol. The topological polar surface area (TPSA) is 37.3 Å². The molecule has 0 radical (unpaired) electrons. The standard InChI is InChI=1S/C13H15F3O2S2/c1-12(2,11(17)18)20-7-6-19-10-5-3-4-9(8-10)13(14,15)16/h3-5,8H,6-7H2,1-2H3,(H,17,18). The van der Waals surface area contributed by atoms with E-state index in [9.17, 15) is 18.0 Å². The maximum atomic E-state index is 12.5. The Bertz CT molecular complexity index is 473. The van der Waals surface area contributed by atoms with Crippen LogP contribution in [-0.4, -0.2) is 27.3 Å². The Labute approximate surface area is 124 Å². The first kappa shape index (κ1) is 17.2. The van der Waals surface area contributed by atoms with E-state index in [1.54, 1.807) is 19.9 Å². The average Bonchev–Trinajstić information content (AvgIpc) is 2.34. The number of alkyl halides is 3. The molecule has 112 valence electrons. The SMILES string of the molecule is CC(C)(SCCSc1cccc(C(F)(F)F)c1)C(=O)O. The van der Waals surface area contributed by atoms with Crippen LogP contribution < -0.4 is 0 Å². The van der Waals surface area contributed by atoms with E-state index in [0.717, 1.165) is 12.1 Å². The van der Waals surface area contributed by atoms with E-state index < -0.39 is 22.5 Å². The number of halogens is 3. The Balaban J connectivity index is 2.49. The summed E-state index contributed by atoms with van der Waals surface area (Å²) in [5.74, 6) is 0.217. The highest BCUT2D eigenvalue weighted by Gasteiger charge is 2.30. The number of aliphatic carboxylic acids is 1. The molecule has 20 heavy (non-hydrogen) atoms. The highest BCUT2D eigenvalue weighted by molar-refractivity contribution is 8.04. The van der Waals surface area contributed by atoms with Gasteiger partial charge >= 0.3 is 12.1 Å². The number of rotatable bonds is 6. The normalized spacial score (nSPS) is 12.4. The summed E-state index contributed by atoms with van der Waals surface area (Å²) in [6.07, 6.45) is -4.34. The third-order valence-corrected chi connectivity index (χ3v) is 5.05. The number of carboxylic acids is 1. The molecule has 1 aromatic carbocycles. The fraction of sp³-hybridized carbons (Fsp3) is 0.462. The minimum atomic E-state index is -4.34. The lowest BCUT2D eigenvalue weighted by Crippen LogP contribution is -2.27. The Morgan fingerprint density at radius 3 is 2.45 bits per heavy atom. The van der Waals surface area contributed by atoms with Crippen LogP contribution in [0.5, 0.6) is 0 Å². The Hall–Kier alpha value is -0.820. The molecular formula is C13H15F3O2S2. The van der Waals surface area contributed by atoms with Gasteiger partial charge in [0.25, 0.3) is 0 Å².